The molecule has 2 aliphatic rings. The van der Waals surface area contributed by atoms with Crippen LogP contribution in [0.5, 0.6) is 0 Å². The minimum absolute atomic E-state index is 0.423. The summed E-state index contributed by atoms with van der Waals surface area (Å²) in [4.78, 5) is 0. The van der Waals surface area contributed by atoms with Gasteiger partial charge >= 0.3 is 0 Å². The molecule has 0 bridgehead atoms. The number of hydrogen-bond acceptors (Lipinski definition) is 1. The Morgan fingerprint density at radius 2 is 2.21 bits per heavy atom. The van der Waals surface area contributed by atoms with Crippen LogP contribution in [-0.2, 0) is 0 Å². The molecule has 14 heavy (non-hydrogen) atoms. The molecule has 1 saturated carbocycles. The summed E-state index contributed by atoms with van der Waals surface area (Å²) in [6.07, 6.45) is 7.01. The lowest BCUT2D eigenvalue weighted by Gasteiger charge is -2.19. The van der Waals surface area contributed by atoms with Crippen molar-refractivity contribution in [2.45, 2.75) is 38.8 Å². The van der Waals surface area contributed by atoms with E-state index < -0.39 is 0 Å². The van der Waals surface area contributed by atoms with Crippen LogP contribution in [-0.4, -0.2) is 29.9 Å². The summed E-state index contributed by atoms with van der Waals surface area (Å²) in [5, 5.41) is 3.44. The Labute approximate surface area is 86.0 Å². The first-order valence-corrected chi connectivity index (χ1v) is 5.38. The van der Waals surface area contributed by atoms with E-state index in [2.05, 4.69) is 42.6 Å². The van der Waals surface area contributed by atoms with Crippen LogP contribution in [0.4, 0.5) is 0 Å². The fourth-order valence-corrected chi connectivity index (χ4v) is 1.78. The second-order valence-corrected chi connectivity index (χ2v) is 4.41. The van der Waals surface area contributed by atoms with Gasteiger partial charge in [0.25, 0.3) is 0 Å². The van der Waals surface area contributed by atoms with Crippen molar-refractivity contribution in [1.82, 2.24) is 5.32 Å². The van der Waals surface area contributed by atoms with Crippen LogP contribution in [0.3, 0.4) is 0 Å². The van der Waals surface area contributed by atoms with E-state index in [1.807, 2.05) is 0 Å². The van der Waals surface area contributed by atoms with Crippen LogP contribution in [0.2, 0.25) is 0 Å². The Kier molecular flexibility index (Phi) is 2.44. The highest BCUT2D eigenvalue weighted by atomic mass is 15.1. The zero-order valence-corrected chi connectivity index (χ0v) is 9.09. The first-order valence-electron chi connectivity index (χ1n) is 5.38. The van der Waals surface area contributed by atoms with Crippen LogP contribution in [0.15, 0.2) is 23.4 Å². The lowest BCUT2D eigenvalue weighted by Crippen LogP contribution is -2.34. The number of hydrogen-bond donors (Lipinski definition) is 1. The van der Waals surface area contributed by atoms with Gasteiger partial charge in [-0.1, -0.05) is 11.6 Å². The van der Waals surface area contributed by atoms with Gasteiger partial charge in [0.15, 0.2) is 12.1 Å². The van der Waals surface area contributed by atoms with E-state index in [0.717, 1.165) is 12.6 Å². The van der Waals surface area contributed by atoms with E-state index in [0.29, 0.717) is 6.04 Å². The molecule has 1 aliphatic heterocycles. The molecule has 0 aromatic rings. The first-order chi connectivity index (χ1) is 6.68. The minimum atomic E-state index is 0.423. The largest absolute Gasteiger partial charge is 0.379 e. The Balaban J connectivity index is 2.03. The van der Waals surface area contributed by atoms with Crippen molar-refractivity contribution < 1.29 is 4.58 Å². The normalized spacial score (nSPS) is 23.3. The topological polar surface area (TPSA) is 15.0 Å². The van der Waals surface area contributed by atoms with Crippen molar-refractivity contribution in [3.05, 3.63) is 23.4 Å². The molecule has 2 nitrogen and oxygen atoms in total. The summed E-state index contributed by atoms with van der Waals surface area (Å²) in [5.74, 6) is 0. The second kappa shape index (κ2) is 3.60. The monoisotopic (exact) mass is 191 g/mol. The summed E-state index contributed by atoms with van der Waals surface area (Å²) in [5.41, 5.74) is 2.69. The third-order valence-corrected chi connectivity index (χ3v) is 3.08. The highest BCUT2D eigenvalue weighted by Gasteiger charge is 2.36. The molecule has 0 aromatic heterocycles. The van der Waals surface area contributed by atoms with Crippen LogP contribution in [0.1, 0.15) is 26.7 Å². The Bertz CT molecular complexity index is 308. The van der Waals surface area contributed by atoms with Crippen LogP contribution >= 0.6 is 0 Å². The molecule has 2 rings (SSSR count). The van der Waals surface area contributed by atoms with Crippen LogP contribution in [0, 0.1) is 0 Å². The molecule has 0 radical (unpaired) electrons. The van der Waals surface area contributed by atoms with E-state index in [-0.39, 0.29) is 0 Å². The van der Waals surface area contributed by atoms with Gasteiger partial charge in [0, 0.05) is 26.3 Å². The molecule has 0 amide bonds. The summed E-state index contributed by atoms with van der Waals surface area (Å²) in [6, 6.07) is 1.14. The number of allylic oxidation sites excluding steroid dienone is 2. The molecule has 2 heteroatoms. The molecule has 1 fully saturated rings. The standard InChI is InChI=1S/C12H19N2/c1-9-4-7-12(13-8-9)10(2)14(3)11-5-6-11/h4,7,10-11,13H,3,5-6,8H2,1-2H3/q+1. The van der Waals surface area contributed by atoms with E-state index >= 15 is 0 Å². The third-order valence-electron chi connectivity index (χ3n) is 3.08. The zero-order valence-electron chi connectivity index (χ0n) is 9.09. The highest BCUT2D eigenvalue weighted by Crippen LogP contribution is 2.25. The number of nitrogens with one attached hydrogen (secondary N) is 1. The quantitative estimate of drug-likeness (QED) is 0.530. The van der Waals surface area contributed by atoms with Gasteiger partial charge in [-0.05, 0) is 13.0 Å². The van der Waals surface area contributed by atoms with Crippen molar-refractivity contribution >= 4 is 6.72 Å². The zero-order chi connectivity index (χ0) is 10.1. The average Bonchev–Trinajstić information content (AvgIpc) is 3.00. The average molecular weight is 191 g/mol. The maximum absolute atomic E-state index is 4.13. The maximum Gasteiger partial charge on any atom is 0.189 e. The number of nitrogens with zero attached hydrogens (tertiary/aromatic N) is 1. The minimum Gasteiger partial charge on any atom is -0.379 e. The van der Waals surface area contributed by atoms with Gasteiger partial charge in [0.1, 0.15) is 6.72 Å². The second-order valence-electron chi connectivity index (χ2n) is 4.41. The van der Waals surface area contributed by atoms with Gasteiger partial charge in [-0.2, -0.15) is 0 Å². The maximum atomic E-state index is 4.13. The molecule has 1 N–H and O–H groups in total. The van der Waals surface area contributed by atoms with Crippen molar-refractivity contribution in [1.29, 1.82) is 0 Å². The van der Waals surface area contributed by atoms with E-state index in [9.17, 15) is 0 Å². The molecular formula is C12H19N2+. The van der Waals surface area contributed by atoms with Crippen LogP contribution in [0.25, 0.3) is 0 Å². The van der Waals surface area contributed by atoms with Gasteiger partial charge in [-0.25, -0.2) is 4.58 Å². The number of rotatable bonds is 3. The Morgan fingerprint density at radius 3 is 2.71 bits per heavy atom. The van der Waals surface area contributed by atoms with Gasteiger partial charge in [0.2, 0.25) is 0 Å². The lowest BCUT2D eigenvalue weighted by molar-refractivity contribution is -0.559. The Hall–Kier alpha value is -1.05. The summed E-state index contributed by atoms with van der Waals surface area (Å²) < 4.78 is 2.23. The fraction of sp³-hybridized carbons (Fsp3) is 0.583. The van der Waals surface area contributed by atoms with Gasteiger partial charge in [-0.3, -0.25) is 0 Å². The highest BCUT2D eigenvalue weighted by molar-refractivity contribution is 5.25. The van der Waals surface area contributed by atoms with Gasteiger partial charge < -0.3 is 5.32 Å². The third kappa shape index (κ3) is 1.89. The Morgan fingerprint density at radius 1 is 1.50 bits per heavy atom. The van der Waals surface area contributed by atoms with Crippen molar-refractivity contribution in [3.8, 4) is 0 Å². The predicted molar refractivity (Wildman–Crippen MR) is 59.7 cm³/mol. The molecular weight excluding hydrogens is 172 g/mol. The van der Waals surface area contributed by atoms with Crippen molar-refractivity contribution in [2.75, 3.05) is 6.54 Å². The van der Waals surface area contributed by atoms with Crippen molar-refractivity contribution in [2.24, 2.45) is 0 Å². The predicted octanol–water partition coefficient (Wildman–Crippen LogP) is 1.68. The van der Waals surface area contributed by atoms with Crippen molar-refractivity contribution in [3.63, 3.8) is 0 Å². The van der Waals surface area contributed by atoms with E-state index in [1.54, 1.807) is 0 Å². The van der Waals surface area contributed by atoms with E-state index in [1.165, 1.54) is 24.1 Å². The van der Waals surface area contributed by atoms with Crippen LogP contribution < -0.4 is 5.32 Å². The fourth-order valence-electron chi connectivity index (χ4n) is 1.78. The molecule has 76 valence electrons. The first kappa shape index (κ1) is 9.50. The molecule has 1 atom stereocenters. The molecule has 1 aliphatic carbocycles. The lowest BCUT2D eigenvalue weighted by atomic mass is 10.1. The van der Waals surface area contributed by atoms with E-state index in [4.69, 9.17) is 0 Å². The summed E-state index contributed by atoms with van der Waals surface area (Å²) >= 11 is 0. The number of dihydropyridines is 1. The molecule has 0 saturated heterocycles. The smallest absolute Gasteiger partial charge is 0.189 e. The van der Waals surface area contributed by atoms with Gasteiger partial charge in [0.05, 0.1) is 5.70 Å². The SMILES string of the molecule is C=[N+](C1CC1)C(C)C1=CC=C(C)CN1. The molecule has 0 aromatic carbocycles. The molecule has 1 unspecified atom stereocenters. The van der Waals surface area contributed by atoms with Gasteiger partial charge in [-0.15, -0.1) is 0 Å². The molecule has 1 heterocycles. The summed E-state index contributed by atoms with van der Waals surface area (Å²) in [6.45, 7) is 9.47. The summed E-state index contributed by atoms with van der Waals surface area (Å²) in [7, 11) is 0. The molecule has 0 spiro atoms.